The van der Waals surface area contributed by atoms with Crippen LogP contribution in [0.2, 0.25) is 0 Å². The molecule has 2 heterocycles. The molecule has 23 heavy (non-hydrogen) atoms. The molecular formula is C13H19N3O7. The van der Waals surface area contributed by atoms with E-state index < -0.39 is 42.8 Å². The van der Waals surface area contributed by atoms with Gasteiger partial charge in [-0.15, -0.1) is 0 Å². The Hall–Kier alpha value is -2.01. The molecule has 0 saturated carbocycles. The number of nitrogens with zero attached hydrogens (tertiary/aromatic N) is 2. The fraction of sp³-hybridized carbons (Fsp3) is 0.615. The first-order valence-corrected chi connectivity index (χ1v) is 6.84. The number of esters is 1. The number of carbonyl (C=O) groups is 1. The van der Waals surface area contributed by atoms with Crippen LogP contribution >= 0.6 is 0 Å². The number of anilines is 1. The molecule has 10 nitrogen and oxygen atoms in total. The van der Waals surface area contributed by atoms with E-state index in [0.29, 0.717) is 0 Å². The minimum absolute atomic E-state index is 0.0946. The van der Waals surface area contributed by atoms with E-state index in [4.69, 9.17) is 15.2 Å². The Balaban J connectivity index is 2.40. The molecule has 10 heteroatoms. The van der Waals surface area contributed by atoms with Crippen LogP contribution in [-0.2, 0) is 25.4 Å². The molecule has 1 aromatic rings. The first-order valence-electron chi connectivity index (χ1n) is 6.84. The first-order chi connectivity index (χ1) is 10.9. The summed E-state index contributed by atoms with van der Waals surface area (Å²) in [7, 11) is 2.57. The van der Waals surface area contributed by atoms with E-state index >= 15 is 0 Å². The van der Waals surface area contributed by atoms with Gasteiger partial charge in [0.1, 0.15) is 24.1 Å². The van der Waals surface area contributed by atoms with Crippen LogP contribution in [0.5, 0.6) is 0 Å². The zero-order chi connectivity index (χ0) is 17.1. The van der Waals surface area contributed by atoms with Crippen molar-refractivity contribution in [2.45, 2.75) is 31.0 Å². The van der Waals surface area contributed by atoms with Crippen molar-refractivity contribution in [3.05, 3.63) is 22.2 Å². The van der Waals surface area contributed by atoms with Crippen LogP contribution in [0.3, 0.4) is 0 Å². The predicted octanol–water partition coefficient (Wildman–Crippen LogP) is -2.19. The van der Waals surface area contributed by atoms with E-state index in [1.807, 2.05) is 0 Å². The molecule has 0 radical (unpaired) electrons. The second kappa shape index (κ2) is 7.04. The topological polar surface area (TPSA) is 146 Å². The highest BCUT2D eigenvalue weighted by atomic mass is 16.6. The molecule has 1 aliphatic heterocycles. The molecule has 128 valence electrons. The van der Waals surface area contributed by atoms with Crippen LogP contribution in [0.1, 0.15) is 11.8 Å². The first kappa shape index (κ1) is 17.3. The van der Waals surface area contributed by atoms with Gasteiger partial charge in [-0.3, -0.25) is 9.36 Å². The van der Waals surface area contributed by atoms with E-state index in [1.54, 1.807) is 0 Å². The molecule has 0 amide bonds. The summed E-state index contributed by atoms with van der Waals surface area (Å²) < 4.78 is 16.2. The lowest BCUT2D eigenvalue weighted by atomic mass is 10.1. The number of nitrogens with two attached hydrogens (primary N) is 1. The number of carbonyl (C=O) groups excluding carboxylic acids is 1. The molecule has 0 bridgehead atoms. The van der Waals surface area contributed by atoms with Crippen molar-refractivity contribution < 1.29 is 29.2 Å². The average Bonchev–Trinajstić information content (AvgIpc) is 2.85. The molecule has 4 atom stereocenters. The second-order valence-electron chi connectivity index (χ2n) is 5.03. The molecule has 1 aliphatic rings. The minimum Gasteiger partial charge on any atom is -0.469 e. The number of rotatable bonds is 5. The number of aliphatic hydroxyl groups excluding tert-OH is 2. The Morgan fingerprint density at radius 2 is 2.22 bits per heavy atom. The van der Waals surface area contributed by atoms with Crippen LogP contribution in [0.25, 0.3) is 0 Å². The molecule has 0 aliphatic carbocycles. The number of ether oxygens (including phenoxy) is 3. The molecule has 4 N–H and O–H groups in total. The van der Waals surface area contributed by atoms with Crippen molar-refractivity contribution in [2.75, 3.05) is 26.6 Å². The summed E-state index contributed by atoms with van der Waals surface area (Å²) in [6, 6.07) is 0. The highest BCUT2D eigenvalue weighted by Crippen LogP contribution is 2.30. The van der Waals surface area contributed by atoms with Crippen LogP contribution in [0, 0.1) is 0 Å². The maximum Gasteiger partial charge on any atom is 0.351 e. The lowest BCUT2D eigenvalue weighted by molar-refractivity contribution is -0.139. The van der Waals surface area contributed by atoms with Crippen LogP contribution in [0.4, 0.5) is 5.82 Å². The van der Waals surface area contributed by atoms with Crippen LogP contribution in [-0.4, -0.2) is 64.9 Å². The number of aromatic nitrogens is 2. The Bertz CT molecular complexity index is 632. The van der Waals surface area contributed by atoms with E-state index in [9.17, 15) is 19.8 Å². The predicted molar refractivity (Wildman–Crippen MR) is 76.4 cm³/mol. The van der Waals surface area contributed by atoms with Gasteiger partial charge in [-0.2, -0.15) is 4.98 Å². The molecule has 1 aromatic heterocycles. The molecule has 2 unspecified atom stereocenters. The minimum atomic E-state index is -1.12. The van der Waals surface area contributed by atoms with Gasteiger partial charge < -0.3 is 30.2 Å². The Labute approximate surface area is 131 Å². The summed E-state index contributed by atoms with van der Waals surface area (Å²) in [5.41, 5.74) is 5.19. The van der Waals surface area contributed by atoms with Gasteiger partial charge in [-0.25, -0.2) is 4.79 Å². The van der Waals surface area contributed by atoms with Gasteiger partial charge in [0.05, 0.1) is 20.1 Å². The zero-order valence-electron chi connectivity index (χ0n) is 12.7. The third kappa shape index (κ3) is 3.34. The molecular weight excluding hydrogens is 310 g/mol. The maximum atomic E-state index is 12.1. The Kier molecular flexibility index (Phi) is 5.31. The summed E-state index contributed by atoms with van der Waals surface area (Å²) in [5, 5.41) is 19.2. The van der Waals surface area contributed by atoms with Gasteiger partial charge >= 0.3 is 11.7 Å². The largest absolute Gasteiger partial charge is 0.469 e. The van der Waals surface area contributed by atoms with E-state index in [-0.39, 0.29) is 17.8 Å². The standard InChI is InChI=1S/C13H19N3O7/c1-21-8(18)3-6-4-16(13(20)15-11(6)14)12-10(22-2)9(19)7(5-17)23-12/h4,7,9-10,12,17,19H,3,5H2,1-2H3,(H2,14,15,20)/t7-,9?,10?,12-/m1/s1. The van der Waals surface area contributed by atoms with Crippen LogP contribution in [0.15, 0.2) is 11.0 Å². The number of aliphatic hydroxyl groups is 2. The normalized spacial score (nSPS) is 27.1. The molecule has 1 saturated heterocycles. The van der Waals surface area contributed by atoms with Gasteiger partial charge in [-0.05, 0) is 0 Å². The maximum absolute atomic E-state index is 12.1. The van der Waals surface area contributed by atoms with Crippen molar-refractivity contribution in [3.8, 4) is 0 Å². The monoisotopic (exact) mass is 329 g/mol. The number of methoxy groups -OCH3 is 2. The Morgan fingerprint density at radius 3 is 2.78 bits per heavy atom. The van der Waals surface area contributed by atoms with Gasteiger partial charge in [0.2, 0.25) is 0 Å². The number of hydrogen-bond acceptors (Lipinski definition) is 9. The summed E-state index contributed by atoms with van der Waals surface area (Å²) in [6.07, 6.45) is -2.79. The summed E-state index contributed by atoms with van der Waals surface area (Å²) in [4.78, 5) is 27.1. The fourth-order valence-electron chi connectivity index (χ4n) is 2.42. The quantitative estimate of drug-likeness (QED) is 0.512. The molecule has 2 rings (SSSR count). The van der Waals surface area contributed by atoms with Crippen molar-refractivity contribution in [2.24, 2.45) is 0 Å². The van der Waals surface area contributed by atoms with E-state index in [1.165, 1.54) is 20.4 Å². The smallest absolute Gasteiger partial charge is 0.351 e. The third-order valence-corrected chi connectivity index (χ3v) is 3.66. The summed E-state index contributed by atoms with van der Waals surface area (Å²) >= 11 is 0. The van der Waals surface area contributed by atoms with Gasteiger partial charge in [0.15, 0.2) is 6.23 Å². The lowest BCUT2D eigenvalue weighted by Crippen LogP contribution is -2.38. The highest BCUT2D eigenvalue weighted by molar-refractivity contribution is 5.73. The van der Waals surface area contributed by atoms with E-state index in [0.717, 1.165) is 4.57 Å². The summed E-state index contributed by atoms with van der Waals surface area (Å²) in [5.74, 6) is -0.643. The van der Waals surface area contributed by atoms with Crippen molar-refractivity contribution in [1.82, 2.24) is 9.55 Å². The number of hydrogen-bond donors (Lipinski definition) is 3. The average molecular weight is 329 g/mol. The molecule has 0 spiro atoms. The molecule has 0 aromatic carbocycles. The molecule has 1 fully saturated rings. The summed E-state index contributed by atoms with van der Waals surface area (Å²) in [6.45, 7) is -0.441. The van der Waals surface area contributed by atoms with Crippen molar-refractivity contribution >= 4 is 11.8 Å². The second-order valence-corrected chi connectivity index (χ2v) is 5.03. The van der Waals surface area contributed by atoms with E-state index in [2.05, 4.69) is 9.72 Å². The van der Waals surface area contributed by atoms with Crippen molar-refractivity contribution in [3.63, 3.8) is 0 Å². The fourth-order valence-corrected chi connectivity index (χ4v) is 2.42. The Morgan fingerprint density at radius 1 is 1.52 bits per heavy atom. The number of nitrogen functional groups attached to an aromatic ring is 1. The zero-order valence-corrected chi connectivity index (χ0v) is 12.7. The van der Waals surface area contributed by atoms with Gasteiger partial charge in [0.25, 0.3) is 0 Å². The third-order valence-electron chi connectivity index (χ3n) is 3.66. The highest BCUT2D eigenvalue weighted by Gasteiger charge is 2.45. The van der Waals surface area contributed by atoms with Gasteiger partial charge in [0, 0.05) is 18.9 Å². The van der Waals surface area contributed by atoms with Gasteiger partial charge in [-0.1, -0.05) is 0 Å². The van der Waals surface area contributed by atoms with Crippen LogP contribution < -0.4 is 11.4 Å². The van der Waals surface area contributed by atoms with Crippen molar-refractivity contribution in [1.29, 1.82) is 0 Å². The SMILES string of the molecule is COC(=O)Cc1cn([C@@H]2O[C@H](CO)C(O)C2OC)c(=O)nc1N. The lowest BCUT2D eigenvalue weighted by Gasteiger charge is -2.21.